The summed E-state index contributed by atoms with van der Waals surface area (Å²) in [5.74, 6) is -0.470. The van der Waals surface area contributed by atoms with E-state index in [1.54, 1.807) is 49.4 Å². The second kappa shape index (κ2) is 5.79. The average Bonchev–Trinajstić information content (AvgIpc) is 3.04. The van der Waals surface area contributed by atoms with Crippen molar-refractivity contribution in [2.75, 3.05) is 5.32 Å². The van der Waals surface area contributed by atoms with E-state index in [1.807, 2.05) is 0 Å². The minimum Gasteiger partial charge on any atom is -0.425 e. The molecule has 4 rings (SSSR count). The first-order valence-electron chi connectivity index (χ1n) is 7.56. The van der Waals surface area contributed by atoms with E-state index in [0.717, 1.165) is 5.56 Å². The molecule has 25 heavy (non-hydrogen) atoms. The Bertz CT molecular complexity index is 1190. The van der Waals surface area contributed by atoms with E-state index in [9.17, 15) is 9.59 Å². The van der Waals surface area contributed by atoms with Gasteiger partial charge in [-0.25, -0.2) is 0 Å². The number of amides is 1. The lowest BCUT2D eigenvalue weighted by Gasteiger charge is -2.07. The fourth-order valence-electron chi connectivity index (χ4n) is 2.64. The number of hydrogen-bond acceptors (Lipinski definition) is 4. The average molecular weight is 354 g/mol. The van der Waals surface area contributed by atoms with Crippen LogP contribution in [0.5, 0.6) is 0 Å². The number of benzene rings is 2. The van der Waals surface area contributed by atoms with Crippen LogP contribution in [0.15, 0.2) is 62.2 Å². The molecule has 0 unspecified atom stereocenters. The molecule has 0 radical (unpaired) electrons. The van der Waals surface area contributed by atoms with Crippen molar-refractivity contribution < 1.29 is 13.6 Å². The molecule has 0 saturated heterocycles. The molecular weight excluding hydrogens is 342 g/mol. The van der Waals surface area contributed by atoms with E-state index in [-0.39, 0.29) is 22.4 Å². The molecule has 6 heteroatoms. The minimum atomic E-state index is -0.486. The summed E-state index contributed by atoms with van der Waals surface area (Å²) in [6.45, 7) is 1.80. The Kier molecular flexibility index (Phi) is 3.58. The number of furan rings is 1. The van der Waals surface area contributed by atoms with Gasteiger partial charge in [0.1, 0.15) is 11.0 Å². The molecule has 4 aromatic rings. The molecule has 0 saturated carbocycles. The molecule has 2 heterocycles. The van der Waals surface area contributed by atoms with Gasteiger partial charge in [-0.15, -0.1) is 0 Å². The molecule has 2 aromatic heterocycles. The number of hydrogen-bond donors (Lipinski definition) is 1. The van der Waals surface area contributed by atoms with Crippen LogP contribution in [0.3, 0.4) is 0 Å². The van der Waals surface area contributed by atoms with Crippen molar-refractivity contribution in [3.05, 3.63) is 75.1 Å². The summed E-state index contributed by atoms with van der Waals surface area (Å²) in [4.78, 5) is 25.0. The van der Waals surface area contributed by atoms with E-state index < -0.39 is 5.91 Å². The summed E-state index contributed by atoms with van der Waals surface area (Å²) in [6.07, 6.45) is 0. The van der Waals surface area contributed by atoms with Crippen molar-refractivity contribution in [1.29, 1.82) is 0 Å². The predicted molar refractivity (Wildman–Crippen MR) is 96.4 cm³/mol. The first kappa shape index (κ1) is 15.5. The molecule has 1 N–H and O–H groups in total. The van der Waals surface area contributed by atoms with Crippen LogP contribution in [-0.4, -0.2) is 5.91 Å². The molecule has 0 spiro atoms. The van der Waals surface area contributed by atoms with Gasteiger partial charge >= 0.3 is 5.78 Å². The zero-order chi connectivity index (χ0) is 17.6. The summed E-state index contributed by atoms with van der Waals surface area (Å²) in [6, 6.07) is 13.5. The molecule has 0 atom stereocenters. The Morgan fingerprint density at radius 3 is 2.68 bits per heavy atom. The van der Waals surface area contributed by atoms with Crippen LogP contribution in [-0.2, 0) is 0 Å². The second-order valence-corrected chi connectivity index (χ2v) is 6.01. The lowest BCUT2D eigenvalue weighted by atomic mass is 10.2. The van der Waals surface area contributed by atoms with Crippen molar-refractivity contribution in [2.24, 2.45) is 0 Å². The largest absolute Gasteiger partial charge is 0.425 e. The zero-order valence-corrected chi connectivity index (χ0v) is 13.9. The first-order chi connectivity index (χ1) is 12.0. The molecule has 0 aliphatic carbocycles. The van der Waals surface area contributed by atoms with Gasteiger partial charge in [-0.1, -0.05) is 29.8 Å². The maximum Gasteiger partial charge on any atom is 0.302 e. The van der Waals surface area contributed by atoms with Gasteiger partial charge < -0.3 is 14.2 Å². The van der Waals surface area contributed by atoms with Crippen LogP contribution in [0, 0.1) is 6.92 Å². The minimum absolute atomic E-state index is 0.00877. The van der Waals surface area contributed by atoms with Crippen LogP contribution < -0.4 is 10.7 Å². The van der Waals surface area contributed by atoms with Crippen LogP contribution >= 0.6 is 11.6 Å². The highest BCUT2D eigenvalue weighted by atomic mass is 35.5. The van der Waals surface area contributed by atoms with Crippen molar-refractivity contribution in [1.82, 2.24) is 0 Å². The van der Waals surface area contributed by atoms with Crippen LogP contribution in [0.4, 0.5) is 5.69 Å². The normalized spacial score (nSPS) is 11.1. The van der Waals surface area contributed by atoms with E-state index in [2.05, 4.69) is 5.32 Å². The third kappa shape index (κ3) is 2.58. The molecule has 0 fully saturated rings. The molecule has 0 bridgehead atoms. The molecule has 0 aliphatic rings. The molecule has 0 aliphatic heterocycles. The van der Waals surface area contributed by atoms with E-state index in [1.165, 1.54) is 6.07 Å². The first-order valence-corrected chi connectivity index (χ1v) is 7.94. The van der Waals surface area contributed by atoms with E-state index in [0.29, 0.717) is 21.7 Å². The number of carbonyl (C=O) groups excluding carboxylic acids is 1. The van der Waals surface area contributed by atoms with Gasteiger partial charge in [0, 0.05) is 16.8 Å². The highest BCUT2D eigenvalue weighted by Crippen LogP contribution is 2.25. The Hall–Kier alpha value is -3.05. The predicted octanol–water partition coefficient (Wildman–Crippen LogP) is 4.75. The zero-order valence-electron chi connectivity index (χ0n) is 13.1. The topological polar surface area (TPSA) is 72.5 Å². The molecule has 5 nitrogen and oxygen atoms in total. The molecule has 2 aromatic carbocycles. The second-order valence-electron chi connectivity index (χ2n) is 5.61. The highest BCUT2D eigenvalue weighted by Gasteiger charge is 2.18. The maximum atomic E-state index is 12.5. The smallest absolute Gasteiger partial charge is 0.302 e. The monoisotopic (exact) mass is 353 g/mol. The molecular formula is C19H12ClNO4. The van der Waals surface area contributed by atoms with Crippen molar-refractivity contribution >= 4 is 45.3 Å². The molecule has 1 amide bonds. The number of para-hydroxylation sites is 1. The fraction of sp³-hybridized carbons (Fsp3) is 0.0526. The van der Waals surface area contributed by atoms with Crippen LogP contribution in [0.1, 0.15) is 16.1 Å². The van der Waals surface area contributed by atoms with Gasteiger partial charge in [0.15, 0.2) is 5.76 Å². The van der Waals surface area contributed by atoms with Crippen LogP contribution in [0.25, 0.3) is 22.1 Å². The number of rotatable bonds is 2. The number of carbonyl (C=O) groups is 1. The van der Waals surface area contributed by atoms with Gasteiger partial charge in [0.25, 0.3) is 5.91 Å². The Morgan fingerprint density at radius 2 is 1.84 bits per heavy atom. The molecule has 124 valence electrons. The highest BCUT2D eigenvalue weighted by molar-refractivity contribution is 6.31. The standard InChI is InChI=1S/C19H12ClNO4/c1-10-13(20)6-4-7-14(10)21-18(23)16-9-12-17(22)11-5-2-3-8-15(11)24-19(12)25-16/h2-9H,1H3,(H,21,23). The lowest BCUT2D eigenvalue weighted by Crippen LogP contribution is -2.11. The Labute approximate surface area is 146 Å². The Balaban J connectivity index is 1.78. The van der Waals surface area contributed by atoms with Gasteiger partial charge in [0.2, 0.25) is 5.43 Å². The fourth-order valence-corrected chi connectivity index (χ4v) is 2.81. The van der Waals surface area contributed by atoms with Gasteiger partial charge in [-0.05, 0) is 36.8 Å². The quantitative estimate of drug-likeness (QED) is 0.564. The van der Waals surface area contributed by atoms with Gasteiger partial charge in [-0.2, -0.15) is 0 Å². The number of anilines is 1. The summed E-state index contributed by atoms with van der Waals surface area (Å²) in [5.41, 5.74) is 1.49. The summed E-state index contributed by atoms with van der Waals surface area (Å²) < 4.78 is 11.0. The summed E-state index contributed by atoms with van der Waals surface area (Å²) in [7, 11) is 0. The van der Waals surface area contributed by atoms with E-state index in [4.69, 9.17) is 20.4 Å². The van der Waals surface area contributed by atoms with Gasteiger partial charge in [-0.3, -0.25) is 9.59 Å². The third-order valence-electron chi connectivity index (χ3n) is 4.02. The van der Waals surface area contributed by atoms with Crippen molar-refractivity contribution in [3.8, 4) is 0 Å². The van der Waals surface area contributed by atoms with Crippen molar-refractivity contribution in [3.63, 3.8) is 0 Å². The third-order valence-corrected chi connectivity index (χ3v) is 4.43. The maximum absolute atomic E-state index is 12.5. The number of halogens is 1. The Morgan fingerprint density at radius 1 is 1.04 bits per heavy atom. The van der Waals surface area contributed by atoms with E-state index >= 15 is 0 Å². The number of fused-ring (bicyclic) bond motifs is 2. The summed E-state index contributed by atoms with van der Waals surface area (Å²) >= 11 is 6.06. The van der Waals surface area contributed by atoms with Crippen molar-refractivity contribution in [2.45, 2.75) is 6.92 Å². The SMILES string of the molecule is Cc1c(Cl)cccc1NC(=O)c1cc2c(=O)c3ccccc3oc2o1. The van der Waals surface area contributed by atoms with Crippen LogP contribution in [0.2, 0.25) is 5.02 Å². The lowest BCUT2D eigenvalue weighted by molar-refractivity contribution is 0.0997. The van der Waals surface area contributed by atoms with Gasteiger partial charge in [0.05, 0.1) is 5.39 Å². The summed E-state index contributed by atoms with van der Waals surface area (Å²) in [5, 5.41) is 3.94. The number of nitrogens with one attached hydrogen (secondary N) is 1.